The van der Waals surface area contributed by atoms with Gasteiger partial charge in [-0.3, -0.25) is 0 Å². The van der Waals surface area contributed by atoms with Crippen molar-refractivity contribution in [2.45, 2.75) is 6.54 Å². The van der Waals surface area contributed by atoms with Gasteiger partial charge in [0.2, 0.25) is 0 Å². The van der Waals surface area contributed by atoms with Gasteiger partial charge in [-0.25, -0.2) is 4.79 Å². The second kappa shape index (κ2) is 4.86. The predicted molar refractivity (Wildman–Crippen MR) is 67.3 cm³/mol. The van der Waals surface area contributed by atoms with E-state index in [1.54, 1.807) is 11.3 Å². The maximum Gasteiger partial charge on any atom is 0.354 e. The van der Waals surface area contributed by atoms with Crippen LogP contribution in [0.4, 0.5) is 0 Å². The summed E-state index contributed by atoms with van der Waals surface area (Å²) in [4.78, 5) is 12.5. The Kier molecular flexibility index (Phi) is 3.96. The minimum Gasteiger partial charge on any atom is -0.464 e. The van der Waals surface area contributed by atoms with Gasteiger partial charge < -0.3 is 15.0 Å². The minimum absolute atomic E-state index is 0. The summed E-state index contributed by atoms with van der Waals surface area (Å²) in [5.41, 5.74) is 7.16. The Morgan fingerprint density at radius 2 is 2.25 bits per heavy atom. The van der Waals surface area contributed by atoms with Crippen LogP contribution in [0.1, 0.15) is 15.4 Å². The molecule has 4 nitrogen and oxygen atoms in total. The molecule has 2 N–H and O–H groups in total. The molecule has 0 aliphatic rings. The zero-order chi connectivity index (χ0) is 11.0. The Hall–Kier alpha value is -1.04. The topological polar surface area (TPSA) is 57.2 Å². The summed E-state index contributed by atoms with van der Waals surface area (Å²) in [7, 11) is 3.23. The van der Waals surface area contributed by atoms with Crippen LogP contribution in [0.25, 0.3) is 10.2 Å². The number of aryl methyl sites for hydroxylation is 1. The van der Waals surface area contributed by atoms with E-state index >= 15 is 0 Å². The summed E-state index contributed by atoms with van der Waals surface area (Å²) in [6, 6.07) is 3.84. The third kappa shape index (κ3) is 1.93. The molecule has 0 saturated carbocycles. The predicted octanol–water partition coefficient (Wildman–Crippen LogP) is 1.91. The average Bonchev–Trinajstić information content (AvgIpc) is 2.77. The quantitative estimate of drug-likeness (QED) is 0.839. The number of hydrogen-bond acceptors (Lipinski definition) is 4. The molecule has 0 bridgehead atoms. The molecule has 0 fully saturated rings. The third-order valence-corrected chi connectivity index (χ3v) is 3.47. The summed E-state index contributed by atoms with van der Waals surface area (Å²) in [5.74, 6) is -0.310. The zero-order valence-electron chi connectivity index (χ0n) is 9.02. The van der Waals surface area contributed by atoms with Crippen LogP contribution >= 0.6 is 23.7 Å². The molecule has 0 amide bonds. The Labute approximate surface area is 103 Å². The highest BCUT2D eigenvalue weighted by molar-refractivity contribution is 7.19. The van der Waals surface area contributed by atoms with Crippen LogP contribution in [0.15, 0.2) is 12.1 Å². The van der Waals surface area contributed by atoms with E-state index < -0.39 is 0 Å². The molecule has 0 aliphatic carbocycles. The van der Waals surface area contributed by atoms with Crippen LogP contribution in [0, 0.1) is 0 Å². The first-order valence-electron chi connectivity index (χ1n) is 4.54. The number of nitrogens with zero attached hydrogens (tertiary/aromatic N) is 1. The Balaban J connectivity index is 0.00000128. The summed E-state index contributed by atoms with van der Waals surface area (Å²) in [6.07, 6.45) is 0. The van der Waals surface area contributed by atoms with Crippen LogP contribution in [-0.2, 0) is 18.3 Å². The molecule has 6 heteroatoms. The lowest BCUT2D eigenvalue weighted by Crippen LogP contribution is -2.07. The second-order valence-corrected chi connectivity index (χ2v) is 4.41. The van der Waals surface area contributed by atoms with E-state index in [0.29, 0.717) is 12.2 Å². The fourth-order valence-corrected chi connectivity index (χ4v) is 2.57. The number of methoxy groups -OCH3 is 1. The summed E-state index contributed by atoms with van der Waals surface area (Å²) >= 11 is 1.61. The molecule has 0 unspecified atom stereocenters. The summed E-state index contributed by atoms with van der Waals surface area (Å²) in [5, 5.41) is 0. The number of aromatic nitrogens is 1. The first kappa shape index (κ1) is 13.0. The number of hydrogen-bond donors (Lipinski definition) is 1. The highest BCUT2D eigenvalue weighted by Crippen LogP contribution is 2.28. The first-order chi connectivity index (χ1) is 7.17. The fraction of sp³-hybridized carbons (Fsp3) is 0.300. The van der Waals surface area contributed by atoms with Crippen LogP contribution in [0.5, 0.6) is 0 Å². The first-order valence-corrected chi connectivity index (χ1v) is 5.35. The van der Waals surface area contributed by atoms with Crippen molar-refractivity contribution in [1.82, 2.24) is 4.57 Å². The number of esters is 1. The highest BCUT2D eigenvalue weighted by atomic mass is 35.5. The van der Waals surface area contributed by atoms with E-state index in [2.05, 4.69) is 0 Å². The molecule has 0 saturated heterocycles. The van der Waals surface area contributed by atoms with Gasteiger partial charge in [-0.1, -0.05) is 0 Å². The Morgan fingerprint density at radius 1 is 1.56 bits per heavy atom. The second-order valence-electron chi connectivity index (χ2n) is 3.25. The Bertz CT molecular complexity index is 518. The van der Waals surface area contributed by atoms with Crippen LogP contribution in [-0.4, -0.2) is 17.6 Å². The molecule has 2 rings (SSSR count). The number of carbonyl (C=O) groups excluding carboxylic acids is 1. The molecule has 16 heavy (non-hydrogen) atoms. The van der Waals surface area contributed by atoms with Crippen LogP contribution in [0.3, 0.4) is 0 Å². The van der Waals surface area contributed by atoms with E-state index in [1.807, 2.05) is 23.7 Å². The Morgan fingerprint density at radius 3 is 2.75 bits per heavy atom. The number of halogens is 1. The smallest absolute Gasteiger partial charge is 0.354 e. The monoisotopic (exact) mass is 260 g/mol. The average molecular weight is 261 g/mol. The maximum absolute atomic E-state index is 11.4. The molecule has 0 spiro atoms. The number of ether oxygens (including phenoxy) is 1. The molecule has 0 aliphatic heterocycles. The van der Waals surface area contributed by atoms with Crippen molar-refractivity contribution in [3.8, 4) is 0 Å². The standard InChI is InChI=1S/C10H12N2O2S.ClH/c1-12-7-3-6(5-11)15-9(7)4-8(12)10(13)14-2;/h3-4H,5,11H2,1-2H3;1H. The van der Waals surface area contributed by atoms with Crippen LogP contribution < -0.4 is 5.73 Å². The molecule has 2 heterocycles. The van der Waals surface area contributed by atoms with Crippen LogP contribution in [0.2, 0.25) is 0 Å². The third-order valence-electron chi connectivity index (χ3n) is 2.38. The van der Waals surface area contributed by atoms with Gasteiger partial charge in [0.25, 0.3) is 0 Å². The van der Waals surface area contributed by atoms with Crippen molar-refractivity contribution in [2.75, 3.05) is 7.11 Å². The van der Waals surface area contributed by atoms with E-state index in [1.165, 1.54) is 7.11 Å². The van der Waals surface area contributed by atoms with Gasteiger partial charge in [0, 0.05) is 18.5 Å². The number of carbonyl (C=O) groups is 1. The number of thiophene rings is 1. The van der Waals surface area contributed by atoms with Gasteiger partial charge in [-0.15, -0.1) is 23.7 Å². The van der Waals surface area contributed by atoms with E-state index in [-0.39, 0.29) is 18.4 Å². The lowest BCUT2D eigenvalue weighted by atomic mass is 10.4. The van der Waals surface area contributed by atoms with Crippen molar-refractivity contribution >= 4 is 39.9 Å². The molecule has 2 aromatic rings. The minimum atomic E-state index is -0.310. The van der Waals surface area contributed by atoms with E-state index in [0.717, 1.165) is 15.1 Å². The molecular weight excluding hydrogens is 248 g/mol. The lowest BCUT2D eigenvalue weighted by molar-refractivity contribution is 0.0590. The summed E-state index contributed by atoms with van der Waals surface area (Å²) in [6.45, 7) is 0.535. The van der Waals surface area contributed by atoms with Crippen molar-refractivity contribution in [1.29, 1.82) is 0 Å². The SMILES string of the molecule is COC(=O)c1cc2sc(CN)cc2n1C.Cl. The molecule has 0 radical (unpaired) electrons. The van der Waals surface area contributed by atoms with Gasteiger partial charge in [0.15, 0.2) is 0 Å². The van der Waals surface area contributed by atoms with Gasteiger partial charge in [-0.2, -0.15) is 0 Å². The van der Waals surface area contributed by atoms with Gasteiger partial charge >= 0.3 is 5.97 Å². The zero-order valence-corrected chi connectivity index (χ0v) is 10.7. The van der Waals surface area contributed by atoms with Crippen molar-refractivity contribution in [3.05, 3.63) is 22.7 Å². The van der Waals surface area contributed by atoms with Crippen molar-refractivity contribution < 1.29 is 9.53 Å². The van der Waals surface area contributed by atoms with E-state index in [4.69, 9.17) is 10.5 Å². The number of nitrogens with two attached hydrogens (primary N) is 1. The van der Waals surface area contributed by atoms with Crippen molar-refractivity contribution in [2.24, 2.45) is 12.8 Å². The fourth-order valence-electron chi connectivity index (χ4n) is 1.56. The normalized spacial score (nSPS) is 10.2. The molecule has 2 aromatic heterocycles. The molecule has 0 atom stereocenters. The van der Waals surface area contributed by atoms with Gasteiger partial charge in [0.05, 0.1) is 17.3 Å². The van der Waals surface area contributed by atoms with E-state index in [9.17, 15) is 4.79 Å². The van der Waals surface area contributed by atoms with Gasteiger partial charge in [-0.05, 0) is 12.1 Å². The molecule has 88 valence electrons. The summed E-state index contributed by atoms with van der Waals surface area (Å²) < 4.78 is 7.59. The largest absolute Gasteiger partial charge is 0.464 e. The molecule has 0 aromatic carbocycles. The van der Waals surface area contributed by atoms with Crippen molar-refractivity contribution in [3.63, 3.8) is 0 Å². The highest BCUT2D eigenvalue weighted by Gasteiger charge is 2.15. The number of rotatable bonds is 2. The lowest BCUT2D eigenvalue weighted by Gasteiger charge is -2.00. The maximum atomic E-state index is 11.4. The number of fused-ring (bicyclic) bond motifs is 1. The molecular formula is C10H13ClN2O2S. The van der Waals surface area contributed by atoms with Gasteiger partial charge in [0.1, 0.15) is 5.69 Å².